The van der Waals surface area contributed by atoms with Crippen LogP contribution in [0.25, 0.3) is 0 Å². The fourth-order valence-electron chi connectivity index (χ4n) is 4.88. The Morgan fingerprint density at radius 1 is 1.02 bits per heavy atom. The van der Waals surface area contributed by atoms with Gasteiger partial charge in [-0.3, -0.25) is 4.79 Å². The monoisotopic (exact) mass is 579 g/mol. The number of rotatable bonds is 7. The average Bonchev–Trinajstić information content (AvgIpc) is 2.90. The van der Waals surface area contributed by atoms with Gasteiger partial charge in [0.25, 0.3) is 0 Å². The normalized spacial score (nSPS) is 16.9. The van der Waals surface area contributed by atoms with Crippen molar-refractivity contribution in [3.05, 3.63) is 71.9 Å². The van der Waals surface area contributed by atoms with E-state index in [0.29, 0.717) is 48.1 Å². The lowest BCUT2D eigenvalue weighted by molar-refractivity contribution is -0.117. The first-order valence-electron chi connectivity index (χ1n) is 13.3. The van der Waals surface area contributed by atoms with Crippen molar-refractivity contribution in [3.8, 4) is 11.5 Å². The van der Waals surface area contributed by atoms with Crippen LogP contribution in [0.5, 0.6) is 11.5 Å². The second-order valence-corrected chi connectivity index (χ2v) is 11.5. The minimum absolute atomic E-state index is 0.0679. The van der Waals surface area contributed by atoms with Gasteiger partial charge in [-0.25, -0.2) is 14.6 Å². The van der Waals surface area contributed by atoms with E-state index in [1.54, 1.807) is 42.5 Å². The second kappa shape index (κ2) is 12.9. The van der Waals surface area contributed by atoms with Crippen molar-refractivity contribution in [2.45, 2.75) is 46.1 Å². The van der Waals surface area contributed by atoms with Crippen molar-refractivity contribution >= 4 is 46.8 Å². The topological polar surface area (TPSA) is 133 Å². The van der Waals surface area contributed by atoms with E-state index in [2.05, 4.69) is 20.9 Å². The molecule has 2 heterocycles. The van der Waals surface area contributed by atoms with Crippen LogP contribution in [0.4, 0.5) is 26.8 Å². The number of urea groups is 1. The van der Waals surface area contributed by atoms with E-state index in [4.69, 9.17) is 16.3 Å². The summed E-state index contributed by atoms with van der Waals surface area (Å²) in [7, 11) is 0. The van der Waals surface area contributed by atoms with Crippen LogP contribution in [0.2, 0.25) is 5.02 Å². The summed E-state index contributed by atoms with van der Waals surface area (Å²) in [6.45, 7) is 6.47. The average molecular weight is 580 g/mol. The Labute approximate surface area is 244 Å². The molecular formula is C30H34ClN5O5. The summed E-state index contributed by atoms with van der Waals surface area (Å²) in [5.41, 5.74) is 0.837. The number of nitrogens with one attached hydrogen (secondary N) is 3. The Bertz CT molecular complexity index is 1400. The van der Waals surface area contributed by atoms with Gasteiger partial charge in [-0.2, -0.15) is 0 Å². The van der Waals surface area contributed by atoms with Gasteiger partial charge in [-0.1, -0.05) is 50.6 Å². The Balaban J connectivity index is 1.32. The molecule has 1 aliphatic heterocycles. The molecule has 2 aromatic carbocycles. The highest BCUT2D eigenvalue weighted by atomic mass is 35.5. The molecule has 1 fully saturated rings. The molecule has 216 valence electrons. The van der Waals surface area contributed by atoms with Gasteiger partial charge >= 0.3 is 12.1 Å². The van der Waals surface area contributed by atoms with Crippen molar-refractivity contribution in [2.24, 2.45) is 11.3 Å². The van der Waals surface area contributed by atoms with Gasteiger partial charge in [0.2, 0.25) is 5.91 Å². The van der Waals surface area contributed by atoms with Crippen molar-refractivity contribution in [1.29, 1.82) is 0 Å². The van der Waals surface area contributed by atoms with Crippen LogP contribution in [0, 0.1) is 11.3 Å². The highest BCUT2D eigenvalue weighted by Crippen LogP contribution is 2.36. The molecule has 41 heavy (non-hydrogen) atoms. The lowest BCUT2D eigenvalue weighted by Gasteiger charge is -2.44. The first-order valence-corrected chi connectivity index (χ1v) is 13.7. The van der Waals surface area contributed by atoms with E-state index < -0.39 is 12.1 Å². The molecule has 1 aromatic heterocycles. The number of carboxylic acid groups (broad SMARTS) is 1. The molecule has 0 bridgehead atoms. The van der Waals surface area contributed by atoms with E-state index in [-0.39, 0.29) is 34.7 Å². The van der Waals surface area contributed by atoms with E-state index in [1.807, 2.05) is 39.0 Å². The first-order chi connectivity index (χ1) is 19.5. The summed E-state index contributed by atoms with van der Waals surface area (Å²) in [6.07, 6.45) is 2.13. The summed E-state index contributed by atoms with van der Waals surface area (Å²) < 4.78 is 5.91. The number of piperidine rings is 1. The Morgan fingerprint density at radius 2 is 1.76 bits per heavy atom. The molecule has 1 saturated heterocycles. The number of aromatic nitrogens is 1. The highest BCUT2D eigenvalue weighted by Gasteiger charge is 2.39. The first kappa shape index (κ1) is 29.7. The van der Waals surface area contributed by atoms with Crippen LogP contribution in [0.1, 0.15) is 40.0 Å². The molecule has 2 atom stereocenters. The standard InChI is InChI=1S/C30H34ClN5O5/c1-30(2,3)25-15-19(12-14-36(25)29(39)40)16-27(37)35-26-18-22(11-13-32-26)41-21-9-10-24(23(31)17-21)34-28(38)33-20-7-5-4-6-8-20/h4-11,13,17-19,25H,12,14-16H2,1-3H3,(H,39,40)(H,32,35,37)(H2,33,34,38). The minimum atomic E-state index is -0.922. The van der Waals surface area contributed by atoms with Crippen LogP contribution in [-0.4, -0.2) is 45.6 Å². The number of hydrogen-bond donors (Lipinski definition) is 4. The minimum Gasteiger partial charge on any atom is -0.465 e. The number of para-hydroxylation sites is 1. The molecule has 2 unspecified atom stereocenters. The van der Waals surface area contributed by atoms with Crippen molar-refractivity contribution < 1.29 is 24.2 Å². The molecule has 1 aliphatic rings. The third kappa shape index (κ3) is 8.34. The molecule has 4 N–H and O–H groups in total. The summed E-state index contributed by atoms with van der Waals surface area (Å²) >= 11 is 6.37. The van der Waals surface area contributed by atoms with Gasteiger partial charge in [0.15, 0.2) is 0 Å². The molecule has 3 aromatic rings. The van der Waals surface area contributed by atoms with E-state index in [0.717, 1.165) is 0 Å². The quantitative estimate of drug-likeness (QED) is 0.232. The number of amides is 4. The van der Waals surface area contributed by atoms with Crippen molar-refractivity contribution in [3.63, 3.8) is 0 Å². The fourth-order valence-corrected chi connectivity index (χ4v) is 5.09. The fraction of sp³-hybridized carbons (Fsp3) is 0.333. The molecule has 10 nitrogen and oxygen atoms in total. The van der Waals surface area contributed by atoms with Gasteiger partial charge in [0.1, 0.15) is 17.3 Å². The molecule has 11 heteroatoms. The number of anilines is 3. The SMILES string of the molecule is CC(C)(C)C1CC(CC(=O)Nc2cc(Oc3ccc(NC(=O)Nc4ccccc4)c(Cl)c3)ccn2)CCN1C(=O)O. The maximum atomic E-state index is 12.8. The van der Waals surface area contributed by atoms with Gasteiger partial charge in [-0.05, 0) is 54.5 Å². The number of carbonyl (C=O) groups excluding carboxylic acids is 2. The summed E-state index contributed by atoms with van der Waals surface area (Å²) in [6, 6.07) is 16.6. The van der Waals surface area contributed by atoms with E-state index >= 15 is 0 Å². The summed E-state index contributed by atoms with van der Waals surface area (Å²) in [5, 5.41) is 18.1. The zero-order valence-electron chi connectivity index (χ0n) is 23.2. The molecule has 0 aliphatic carbocycles. The van der Waals surface area contributed by atoms with Gasteiger partial charge in [0.05, 0.1) is 10.7 Å². The number of nitrogens with zero attached hydrogens (tertiary/aromatic N) is 2. The molecule has 4 rings (SSSR count). The van der Waals surface area contributed by atoms with Crippen LogP contribution in [-0.2, 0) is 4.79 Å². The van der Waals surface area contributed by atoms with E-state index in [1.165, 1.54) is 11.1 Å². The predicted octanol–water partition coefficient (Wildman–Crippen LogP) is 7.30. The molecular weight excluding hydrogens is 546 g/mol. The van der Waals surface area contributed by atoms with Gasteiger partial charge in [-0.15, -0.1) is 0 Å². The maximum Gasteiger partial charge on any atom is 0.407 e. The predicted molar refractivity (Wildman–Crippen MR) is 159 cm³/mol. The molecule has 0 spiro atoms. The van der Waals surface area contributed by atoms with Gasteiger partial charge < -0.3 is 30.7 Å². The van der Waals surface area contributed by atoms with Crippen LogP contribution >= 0.6 is 11.6 Å². The van der Waals surface area contributed by atoms with Crippen LogP contribution in [0.3, 0.4) is 0 Å². The number of halogens is 1. The van der Waals surface area contributed by atoms with E-state index in [9.17, 15) is 19.5 Å². The smallest absolute Gasteiger partial charge is 0.407 e. The number of hydrogen-bond acceptors (Lipinski definition) is 5. The summed E-state index contributed by atoms with van der Waals surface area (Å²) in [4.78, 5) is 42.5. The van der Waals surface area contributed by atoms with Crippen molar-refractivity contribution in [1.82, 2.24) is 9.88 Å². The number of pyridine rings is 1. The summed E-state index contributed by atoms with van der Waals surface area (Å²) in [5.74, 6) is 1.09. The molecule has 0 saturated carbocycles. The zero-order chi connectivity index (χ0) is 29.6. The number of ether oxygens (including phenoxy) is 1. The third-order valence-electron chi connectivity index (χ3n) is 6.89. The lowest BCUT2D eigenvalue weighted by Crippen LogP contribution is -2.51. The zero-order valence-corrected chi connectivity index (χ0v) is 23.9. The molecule has 4 amide bonds. The Kier molecular flexibility index (Phi) is 9.34. The second-order valence-electron chi connectivity index (χ2n) is 11.1. The van der Waals surface area contributed by atoms with Crippen LogP contribution in [0.15, 0.2) is 66.9 Å². The maximum absolute atomic E-state index is 12.8. The third-order valence-corrected chi connectivity index (χ3v) is 7.20. The van der Waals surface area contributed by atoms with Crippen molar-refractivity contribution in [2.75, 3.05) is 22.5 Å². The lowest BCUT2D eigenvalue weighted by atomic mass is 9.76. The highest BCUT2D eigenvalue weighted by molar-refractivity contribution is 6.34. The Morgan fingerprint density at radius 3 is 2.44 bits per heavy atom. The Hall–Kier alpha value is -4.31. The largest absolute Gasteiger partial charge is 0.465 e. The number of likely N-dealkylation sites (tertiary alicyclic amines) is 1. The number of carbonyl (C=O) groups is 3. The van der Waals surface area contributed by atoms with Crippen LogP contribution < -0.4 is 20.7 Å². The number of benzene rings is 2. The molecule has 0 radical (unpaired) electrons. The van der Waals surface area contributed by atoms with Gasteiger partial charge in [0, 0.05) is 43.0 Å².